The number of halogens is 2. The number of amides is 2. The minimum atomic E-state index is -0.311. The molecular weight excluding hydrogens is 397 g/mol. The Kier molecular flexibility index (Phi) is 6.11. The maximum atomic E-state index is 12.2. The fourth-order valence-electron chi connectivity index (χ4n) is 2.61. The quantitative estimate of drug-likeness (QED) is 0.690. The Hall–Kier alpha value is -1.70. The van der Waals surface area contributed by atoms with Crippen molar-refractivity contribution in [1.29, 1.82) is 0 Å². The first kappa shape index (κ1) is 19.1. The van der Waals surface area contributed by atoms with E-state index in [-0.39, 0.29) is 12.0 Å². The first-order valence-corrected chi connectivity index (χ1v) is 9.70. The minimum absolute atomic E-state index is 0.307. The van der Waals surface area contributed by atoms with E-state index < -0.39 is 0 Å². The molecule has 1 aromatic carbocycles. The summed E-state index contributed by atoms with van der Waals surface area (Å²) in [6, 6.07) is 5.20. The van der Waals surface area contributed by atoms with Crippen LogP contribution in [0.15, 0.2) is 28.1 Å². The normalized spacial score (nSPS) is 19.1. The van der Waals surface area contributed by atoms with Gasteiger partial charge in [0.25, 0.3) is 5.91 Å². The summed E-state index contributed by atoms with van der Waals surface area (Å²) in [5, 5.41) is 1.60. The SMILES string of the molecule is CCOC(=O)N1CCN(C2=NC(=O)/C(=C/c3c(Cl)cccc3Cl)S2)CC1. The van der Waals surface area contributed by atoms with Crippen LogP contribution in [0.3, 0.4) is 0 Å². The molecule has 1 saturated heterocycles. The zero-order valence-corrected chi connectivity index (χ0v) is 16.4. The number of carbonyl (C=O) groups excluding carboxylic acids is 2. The Bertz CT molecular complexity index is 769. The van der Waals surface area contributed by atoms with Crippen LogP contribution in [0.25, 0.3) is 6.08 Å². The average molecular weight is 414 g/mol. The van der Waals surface area contributed by atoms with Crippen LogP contribution in [-0.2, 0) is 9.53 Å². The van der Waals surface area contributed by atoms with E-state index in [4.69, 9.17) is 27.9 Å². The van der Waals surface area contributed by atoms with Crippen molar-refractivity contribution in [3.05, 3.63) is 38.7 Å². The molecule has 0 spiro atoms. The van der Waals surface area contributed by atoms with Crippen molar-refractivity contribution >= 4 is 58.2 Å². The highest BCUT2D eigenvalue weighted by Gasteiger charge is 2.30. The van der Waals surface area contributed by atoms with Crippen LogP contribution < -0.4 is 0 Å². The third-order valence-corrected chi connectivity index (χ3v) is 5.66. The van der Waals surface area contributed by atoms with Crippen molar-refractivity contribution in [2.24, 2.45) is 4.99 Å². The van der Waals surface area contributed by atoms with Gasteiger partial charge in [0.2, 0.25) is 0 Å². The Morgan fingerprint density at radius 1 is 1.27 bits per heavy atom. The highest BCUT2D eigenvalue weighted by atomic mass is 35.5. The standard InChI is InChI=1S/C17H17Cl2N3O3S/c1-2-25-17(24)22-8-6-21(7-9-22)16-20-15(23)14(26-16)10-11-12(18)4-3-5-13(11)19/h3-5,10H,2,6-9H2,1H3/b14-10-. The molecule has 0 unspecified atom stereocenters. The van der Waals surface area contributed by atoms with E-state index >= 15 is 0 Å². The molecule has 1 fully saturated rings. The fourth-order valence-corrected chi connectivity index (χ4v) is 4.06. The summed E-state index contributed by atoms with van der Waals surface area (Å²) in [7, 11) is 0. The summed E-state index contributed by atoms with van der Waals surface area (Å²) in [6.07, 6.45) is 1.36. The van der Waals surface area contributed by atoms with Gasteiger partial charge in [-0.05, 0) is 36.9 Å². The number of nitrogens with zero attached hydrogens (tertiary/aromatic N) is 3. The molecule has 0 saturated carbocycles. The topological polar surface area (TPSA) is 62.2 Å². The molecule has 2 aliphatic rings. The van der Waals surface area contributed by atoms with Crippen LogP contribution >= 0.6 is 35.0 Å². The van der Waals surface area contributed by atoms with Gasteiger partial charge in [0.1, 0.15) is 0 Å². The van der Waals surface area contributed by atoms with Crippen molar-refractivity contribution in [3.63, 3.8) is 0 Å². The predicted octanol–water partition coefficient (Wildman–Crippen LogP) is 3.74. The molecule has 26 heavy (non-hydrogen) atoms. The molecule has 1 aromatic rings. The third kappa shape index (κ3) is 4.16. The molecule has 0 bridgehead atoms. The third-order valence-electron chi connectivity index (χ3n) is 3.96. The van der Waals surface area contributed by atoms with E-state index in [1.54, 1.807) is 36.1 Å². The molecule has 0 aliphatic carbocycles. The average Bonchev–Trinajstić information content (AvgIpc) is 2.99. The maximum absolute atomic E-state index is 12.2. The monoisotopic (exact) mass is 413 g/mol. The Balaban J connectivity index is 1.66. The van der Waals surface area contributed by atoms with E-state index in [2.05, 4.69) is 4.99 Å². The van der Waals surface area contributed by atoms with Gasteiger partial charge in [0.05, 0.1) is 11.5 Å². The van der Waals surface area contributed by atoms with Crippen molar-refractivity contribution in [3.8, 4) is 0 Å². The second-order valence-electron chi connectivity index (χ2n) is 5.62. The Labute approximate surface area is 165 Å². The van der Waals surface area contributed by atoms with Crippen LogP contribution in [0.1, 0.15) is 12.5 Å². The zero-order valence-electron chi connectivity index (χ0n) is 14.1. The van der Waals surface area contributed by atoms with E-state index in [1.807, 2.05) is 4.90 Å². The summed E-state index contributed by atoms with van der Waals surface area (Å²) >= 11 is 13.6. The molecule has 138 valence electrons. The molecule has 0 aromatic heterocycles. The number of thioether (sulfide) groups is 1. The number of hydrogen-bond acceptors (Lipinski definition) is 5. The van der Waals surface area contributed by atoms with Crippen LogP contribution in [0, 0.1) is 0 Å². The van der Waals surface area contributed by atoms with Crippen molar-refractivity contribution < 1.29 is 14.3 Å². The highest BCUT2D eigenvalue weighted by Crippen LogP contribution is 2.34. The Morgan fingerprint density at radius 2 is 1.92 bits per heavy atom. The van der Waals surface area contributed by atoms with Crippen molar-refractivity contribution in [2.75, 3.05) is 32.8 Å². The molecule has 0 N–H and O–H groups in total. The first-order valence-electron chi connectivity index (χ1n) is 8.13. The van der Waals surface area contributed by atoms with Gasteiger partial charge in [-0.3, -0.25) is 4.79 Å². The number of aliphatic imine (C=N–C) groups is 1. The van der Waals surface area contributed by atoms with Crippen molar-refractivity contribution in [1.82, 2.24) is 9.80 Å². The number of ether oxygens (including phenoxy) is 1. The predicted molar refractivity (Wildman–Crippen MR) is 105 cm³/mol. The minimum Gasteiger partial charge on any atom is -0.450 e. The molecule has 0 atom stereocenters. The van der Waals surface area contributed by atoms with Gasteiger partial charge in [0, 0.05) is 41.8 Å². The van der Waals surface area contributed by atoms with Crippen LogP contribution in [0.5, 0.6) is 0 Å². The van der Waals surface area contributed by atoms with Crippen LogP contribution in [0.2, 0.25) is 10.0 Å². The van der Waals surface area contributed by atoms with Gasteiger partial charge in [-0.1, -0.05) is 29.3 Å². The summed E-state index contributed by atoms with van der Waals surface area (Å²) in [4.78, 5) is 32.3. The lowest BCUT2D eigenvalue weighted by Gasteiger charge is -2.34. The maximum Gasteiger partial charge on any atom is 0.409 e. The highest BCUT2D eigenvalue weighted by molar-refractivity contribution is 8.18. The molecule has 3 rings (SSSR count). The number of benzene rings is 1. The fraction of sp³-hybridized carbons (Fsp3) is 0.353. The van der Waals surface area contributed by atoms with Gasteiger partial charge in [-0.15, -0.1) is 0 Å². The largest absolute Gasteiger partial charge is 0.450 e. The van der Waals surface area contributed by atoms with Gasteiger partial charge in [0.15, 0.2) is 5.17 Å². The molecule has 6 nitrogen and oxygen atoms in total. The number of hydrogen-bond donors (Lipinski definition) is 0. The summed E-state index contributed by atoms with van der Waals surface area (Å²) in [5.41, 5.74) is 0.607. The second kappa shape index (κ2) is 8.33. The second-order valence-corrected chi connectivity index (χ2v) is 7.44. The first-order chi connectivity index (χ1) is 12.5. The Morgan fingerprint density at radius 3 is 2.54 bits per heavy atom. The molecule has 9 heteroatoms. The summed E-state index contributed by atoms with van der Waals surface area (Å²) < 4.78 is 5.01. The van der Waals surface area contributed by atoms with Gasteiger partial charge in [-0.25, -0.2) is 4.79 Å². The lowest BCUT2D eigenvalue weighted by atomic mass is 10.2. The van der Waals surface area contributed by atoms with E-state index in [1.165, 1.54) is 11.8 Å². The molecule has 0 radical (unpaired) electrons. The number of piperazine rings is 1. The summed E-state index contributed by atoms with van der Waals surface area (Å²) in [5.74, 6) is -0.311. The smallest absolute Gasteiger partial charge is 0.409 e. The van der Waals surface area contributed by atoms with Crippen LogP contribution in [0.4, 0.5) is 4.79 Å². The summed E-state index contributed by atoms with van der Waals surface area (Å²) in [6.45, 7) is 4.39. The van der Waals surface area contributed by atoms with Gasteiger partial charge < -0.3 is 14.5 Å². The van der Waals surface area contributed by atoms with Crippen molar-refractivity contribution in [2.45, 2.75) is 6.92 Å². The molecule has 2 heterocycles. The molecule has 2 aliphatic heterocycles. The zero-order chi connectivity index (χ0) is 18.7. The van der Waals surface area contributed by atoms with E-state index in [0.29, 0.717) is 58.5 Å². The lowest BCUT2D eigenvalue weighted by Crippen LogP contribution is -2.50. The van der Waals surface area contributed by atoms with E-state index in [0.717, 1.165) is 0 Å². The number of carbonyl (C=O) groups is 2. The molecular formula is C17H17Cl2N3O3S. The number of amidine groups is 1. The molecule has 2 amide bonds. The lowest BCUT2D eigenvalue weighted by molar-refractivity contribution is -0.113. The van der Waals surface area contributed by atoms with E-state index in [9.17, 15) is 9.59 Å². The van der Waals surface area contributed by atoms with Gasteiger partial charge >= 0.3 is 6.09 Å². The van der Waals surface area contributed by atoms with Crippen LogP contribution in [-0.4, -0.2) is 59.8 Å². The number of rotatable bonds is 2. The van der Waals surface area contributed by atoms with Gasteiger partial charge in [-0.2, -0.15) is 4.99 Å².